The second-order valence-electron chi connectivity index (χ2n) is 8.22. The molecule has 0 spiro atoms. The highest BCUT2D eigenvalue weighted by Gasteiger charge is 2.23. The van der Waals surface area contributed by atoms with Crippen LogP contribution in [0.1, 0.15) is 29.2 Å². The summed E-state index contributed by atoms with van der Waals surface area (Å²) in [7, 11) is 1.62. The molecule has 0 bridgehead atoms. The number of fused-ring (bicyclic) bond motifs is 2. The summed E-state index contributed by atoms with van der Waals surface area (Å²) >= 11 is 0. The number of carbonyl (C=O) groups excluding carboxylic acids is 1. The molecule has 2 N–H and O–H groups in total. The van der Waals surface area contributed by atoms with Gasteiger partial charge in [-0.2, -0.15) is 0 Å². The second-order valence-corrected chi connectivity index (χ2v) is 8.22. The van der Waals surface area contributed by atoms with Gasteiger partial charge in [-0.25, -0.2) is 9.37 Å². The van der Waals surface area contributed by atoms with Gasteiger partial charge in [0.25, 0.3) is 0 Å². The lowest BCUT2D eigenvalue weighted by molar-refractivity contribution is -0.115. The number of aromatic nitrogens is 1. The van der Waals surface area contributed by atoms with Gasteiger partial charge < -0.3 is 15.4 Å². The summed E-state index contributed by atoms with van der Waals surface area (Å²) in [5.74, 6) is 1.23. The molecule has 0 aliphatic heterocycles. The Bertz CT molecular complexity index is 1320. The zero-order chi connectivity index (χ0) is 22.8. The molecule has 0 fully saturated rings. The minimum absolute atomic E-state index is 0.0929. The number of aryl methyl sites for hydroxylation is 1. The largest absolute Gasteiger partial charge is 0.497 e. The number of carbonyl (C=O) groups is 1. The van der Waals surface area contributed by atoms with Crippen LogP contribution < -0.4 is 15.4 Å². The number of hydrogen-bond acceptors (Lipinski definition) is 4. The van der Waals surface area contributed by atoms with Gasteiger partial charge in [-0.1, -0.05) is 24.3 Å². The SMILES string of the molecule is COc1ccc(CC(=O)Nc2cccc3nc(NC4CCc5cc(F)ccc54)ccc23)cc1. The summed E-state index contributed by atoms with van der Waals surface area (Å²) in [6.07, 6.45) is 2.03. The van der Waals surface area contributed by atoms with Crippen molar-refractivity contribution >= 4 is 28.3 Å². The van der Waals surface area contributed by atoms with Crippen LogP contribution in [0.2, 0.25) is 0 Å². The number of ether oxygens (including phenoxy) is 1. The molecule has 0 saturated carbocycles. The molecule has 1 heterocycles. The molecule has 1 amide bonds. The molecule has 1 aliphatic rings. The fourth-order valence-electron chi connectivity index (χ4n) is 4.38. The number of hydrogen-bond donors (Lipinski definition) is 2. The molecular formula is C27H24FN3O2. The summed E-state index contributed by atoms with van der Waals surface area (Å²) in [4.78, 5) is 17.4. The Morgan fingerprint density at radius 2 is 1.94 bits per heavy atom. The molecule has 1 aliphatic carbocycles. The smallest absolute Gasteiger partial charge is 0.228 e. The van der Waals surface area contributed by atoms with Crippen molar-refractivity contribution in [2.75, 3.05) is 17.7 Å². The zero-order valence-electron chi connectivity index (χ0n) is 18.3. The summed E-state index contributed by atoms with van der Waals surface area (Å²) in [5.41, 5.74) is 4.61. The number of nitrogens with zero attached hydrogens (tertiary/aromatic N) is 1. The highest BCUT2D eigenvalue weighted by Crippen LogP contribution is 2.34. The van der Waals surface area contributed by atoms with Crippen LogP contribution in [-0.4, -0.2) is 18.0 Å². The number of benzene rings is 3. The lowest BCUT2D eigenvalue weighted by Crippen LogP contribution is -2.14. The van der Waals surface area contributed by atoms with E-state index in [9.17, 15) is 9.18 Å². The van der Waals surface area contributed by atoms with Crippen LogP contribution in [-0.2, 0) is 17.6 Å². The van der Waals surface area contributed by atoms with E-state index in [-0.39, 0.29) is 24.2 Å². The summed E-state index contributed by atoms with van der Waals surface area (Å²) in [5, 5.41) is 7.36. The molecule has 6 heteroatoms. The number of methoxy groups -OCH3 is 1. The number of anilines is 2. The number of rotatable bonds is 6. The molecule has 4 aromatic rings. The summed E-state index contributed by atoms with van der Waals surface area (Å²) in [6, 6.07) is 22.1. The third kappa shape index (κ3) is 4.51. The summed E-state index contributed by atoms with van der Waals surface area (Å²) < 4.78 is 18.7. The molecule has 166 valence electrons. The van der Waals surface area contributed by atoms with E-state index in [4.69, 9.17) is 9.72 Å². The van der Waals surface area contributed by atoms with E-state index in [2.05, 4.69) is 10.6 Å². The van der Waals surface area contributed by atoms with Gasteiger partial charge in [-0.05, 0) is 78.1 Å². The van der Waals surface area contributed by atoms with Crippen molar-refractivity contribution in [1.82, 2.24) is 4.98 Å². The molecule has 5 rings (SSSR count). The van der Waals surface area contributed by atoms with E-state index in [1.807, 2.05) is 60.7 Å². The maximum atomic E-state index is 13.5. The quantitative estimate of drug-likeness (QED) is 0.405. The maximum absolute atomic E-state index is 13.5. The van der Waals surface area contributed by atoms with Gasteiger partial charge in [0, 0.05) is 5.39 Å². The molecule has 0 radical (unpaired) electrons. The predicted octanol–water partition coefficient (Wildman–Crippen LogP) is 5.66. The van der Waals surface area contributed by atoms with E-state index in [1.165, 1.54) is 6.07 Å². The van der Waals surface area contributed by atoms with Crippen LogP contribution in [0.15, 0.2) is 72.8 Å². The van der Waals surface area contributed by atoms with Crippen molar-refractivity contribution in [1.29, 1.82) is 0 Å². The molecular weight excluding hydrogens is 417 g/mol. The van der Waals surface area contributed by atoms with E-state index >= 15 is 0 Å². The first-order chi connectivity index (χ1) is 16.1. The molecule has 3 aromatic carbocycles. The molecule has 33 heavy (non-hydrogen) atoms. The van der Waals surface area contributed by atoms with Gasteiger partial charge in [0.1, 0.15) is 17.4 Å². The van der Waals surface area contributed by atoms with Crippen molar-refractivity contribution < 1.29 is 13.9 Å². The number of amides is 1. The van der Waals surface area contributed by atoms with Gasteiger partial charge in [0.05, 0.1) is 30.8 Å². The van der Waals surface area contributed by atoms with Gasteiger partial charge >= 0.3 is 0 Å². The topological polar surface area (TPSA) is 63.2 Å². The summed E-state index contributed by atoms with van der Waals surface area (Å²) in [6.45, 7) is 0. The first-order valence-corrected chi connectivity index (χ1v) is 11.0. The average Bonchev–Trinajstić information content (AvgIpc) is 3.21. The standard InChI is InChI=1S/C27H24FN3O2/c1-33-20-9-5-17(6-10-20)15-27(32)31-24-4-2-3-23-22(24)12-14-26(29-23)30-25-13-7-18-16-19(28)8-11-21(18)25/h2-6,8-12,14,16,25H,7,13,15H2,1H3,(H,29,30)(H,31,32). The van der Waals surface area contributed by atoms with Crippen LogP contribution in [0.3, 0.4) is 0 Å². The molecule has 5 nitrogen and oxygen atoms in total. The van der Waals surface area contributed by atoms with E-state index in [0.717, 1.165) is 57.7 Å². The number of halogens is 1. The Morgan fingerprint density at radius 1 is 1.09 bits per heavy atom. The molecule has 0 saturated heterocycles. The van der Waals surface area contributed by atoms with Gasteiger partial charge in [0.2, 0.25) is 5.91 Å². The third-order valence-electron chi connectivity index (χ3n) is 6.03. The van der Waals surface area contributed by atoms with Crippen LogP contribution in [0.4, 0.5) is 15.9 Å². The minimum atomic E-state index is -0.195. The van der Waals surface area contributed by atoms with E-state index < -0.39 is 0 Å². The van der Waals surface area contributed by atoms with Crippen molar-refractivity contribution in [3.05, 3.63) is 95.3 Å². The molecule has 1 atom stereocenters. The normalized spacial score (nSPS) is 14.7. The monoisotopic (exact) mass is 441 g/mol. The lowest BCUT2D eigenvalue weighted by Gasteiger charge is -2.16. The zero-order valence-corrected chi connectivity index (χ0v) is 18.3. The second kappa shape index (κ2) is 8.90. The van der Waals surface area contributed by atoms with Crippen LogP contribution in [0, 0.1) is 5.82 Å². The van der Waals surface area contributed by atoms with Crippen molar-refractivity contribution in [3.8, 4) is 5.75 Å². The molecule has 1 unspecified atom stereocenters. The fourth-order valence-corrected chi connectivity index (χ4v) is 4.38. The van der Waals surface area contributed by atoms with Gasteiger partial charge in [-0.15, -0.1) is 0 Å². The average molecular weight is 442 g/mol. The van der Waals surface area contributed by atoms with Crippen molar-refractivity contribution in [2.45, 2.75) is 25.3 Å². The Morgan fingerprint density at radius 3 is 2.76 bits per heavy atom. The Hall–Kier alpha value is -3.93. The van der Waals surface area contributed by atoms with Crippen molar-refractivity contribution in [2.24, 2.45) is 0 Å². The highest BCUT2D eigenvalue weighted by atomic mass is 19.1. The Labute approximate surface area is 191 Å². The Kier molecular flexibility index (Phi) is 5.65. The number of nitrogens with one attached hydrogen (secondary N) is 2. The Balaban J connectivity index is 1.31. The highest BCUT2D eigenvalue weighted by molar-refractivity contribution is 6.01. The first kappa shape index (κ1) is 20.9. The third-order valence-corrected chi connectivity index (χ3v) is 6.03. The molecule has 1 aromatic heterocycles. The van der Waals surface area contributed by atoms with Crippen LogP contribution >= 0.6 is 0 Å². The fraction of sp³-hybridized carbons (Fsp3) is 0.185. The van der Waals surface area contributed by atoms with Crippen LogP contribution in [0.25, 0.3) is 10.9 Å². The van der Waals surface area contributed by atoms with Crippen LogP contribution in [0.5, 0.6) is 5.75 Å². The predicted molar refractivity (Wildman–Crippen MR) is 128 cm³/mol. The maximum Gasteiger partial charge on any atom is 0.228 e. The van der Waals surface area contributed by atoms with E-state index in [0.29, 0.717) is 0 Å². The number of pyridine rings is 1. The van der Waals surface area contributed by atoms with Crippen molar-refractivity contribution in [3.63, 3.8) is 0 Å². The minimum Gasteiger partial charge on any atom is -0.497 e. The van der Waals surface area contributed by atoms with Gasteiger partial charge in [0.15, 0.2) is 0 Å². The van der Waals surface area contributed by atoms with Gasteiger partial charge in [-0.3, -0.25) is 4.79 Å². The lowest BCUT2D eigenvalue weighted by atomic mass is 10.1. The first-order valence-electron chi connectivity index (χ1n) is 11.0. The van der Waals surface area contributed by atoms with E-state index in [1.54, 1.807) is 13.2 Å².